The molecule has 1 aromatic heterocycles. The summed E-state index contributed by atoms with van der Waals surface area (Å²) in [5, 5.41) is 0. The molecule has 6 heteroatoms. The molecule has 1 aromatic carbocycles. The quantitative estimate of drug-likeness (QED) is 0.784. The van der Waals surface area contributed by atoms with Crippen molar-refractivity contribution in [1.29, 1.82) is 0 Å². The zero-order valence-electron chi connectivity index (χ0n) is 15.4. The molecule has 0 atom stereocenters. The number of carbonyl (C=O) groups excluding carboxylic acids is 2. The summed E-state index contributed by atoms with van der Waals surface area (Å²) < 4.78 is 7.08. The van der Waals surface area contributed by atoms with Gasteiger partial charge in [-0.15, -0.1) is 0 Å². The summed E-state index contributed by atoms with van der Waals surface area (Å²) in [7, 11) is 3.52. The summed E-state index contributed by atoms with van der Waals surface area (Å²) >= 11 is 0. The summed E-state index contributed by atoms with van der Waals surface area (Å²) in [6.07, 6.45) is 1.93. The molecule has 1 heterocycles. The Morgan fingerprint density at radius 1 is 1.28 bits per heavy atom. The van der Waals surface area contributed by atoms with Gasteiger partial charge in [0.25, 0.3) is 5.91 Å². The van der Waals surface area contributed by atoms with Gasteiger partial charge in [0.05, 0.1) is 17.9 Å². The van der Waals surface area contributed by atoms with Crippen molar-refractivity contribution in [2.24, 2.45) is 5.73 Å². The number of hydrogen-bond donors (Lipinski definition) is 1. The van der Waals surface area contributed by atoms with Gasteiger partial charge in [-0.2, -0.15) is 0 Å². The van der Waals surface area contributed by atoms with E-state index in [9.17, 15) is 9.59 Å². The lowest BCUT2D eigenvalue weighted by molar-refractivity contribution is 0.0996. The molecular weight excluding hydrogens is 318 g/mol. The van der Waals surface area contributed by atoms with Crippen LogP contribution in [0.1, 0.15) is 38.9 Å². The lowest BCUT2D eigenvalue weighted by Gasteiger charge is -2.22. The van der Waals surface area contributed by atoms with Crippen LogP contribution < -0.4 is 10.6 Å². The van der Waals surface area contributed by atoms with Crippen molar-refractivity contribution >= 4 is 17.4 Å². The van der Waals surface area contributed by atoms with Gasteiger partial charge in [0.1, 0.15) is 0 Å². The second-order valence-electron chi connectivity index (χ2n) is 6.18. The fourth-order valence-corrected chi connectivity index (χ4v) is 3.10. The summed E-state index contributed by atoms with van der Waals surface area (Å²) in [6.45, 7) is 6.57. The number of benzene rings is 1. The Hall–Kier alpha value is -2.60. The van der Waals surface area contributed by atoms with E-state index in [1.807, 2.05) is 48.7 Å². The van der Waals surface area contributed by atoms with Crippen molar-refractivity contribution in [1.82, 2.24) is 4.57 Å². The molecule has 0 saturated carbocycles. The number of carbonyl (C=O) groups is 2. The predicted octanol–water partition coefficient (Wildman–Crippen LogP) is 2.48. The number of aromatic nitrogens is 1. The Balaban J connectivity index is 2.55. The van der Waals surface area contributed by atoms with Crippen molar-refractivity contribution in [3.05, 3.63) is 46.8 Å². The van der Waals surface area contributed by atoms with E-state index in [1.165, 1.54) is 0 Å². The Bertz CT molecular complexity index is 808. The van der Waals surface area contributed by atoms with E-state index in [4.69, 9.17) is 10.5 Å². The van der Waals surface area contributed by atoms with E-state index in [0.29, 0.717) is 18.7 Å². The molecule has 0 aliphatic heterocycles. The molecule has 2 rings (SSSR count). The first-order valence-corrected chi connectivity index (χ1v) is 8.11. The first-order chi connectivity index (χ1) is 11.8. The Morgan fingerprint density at radius 2 is 1.96 bits per heavy atom. The number of rotatable bonds is 7. The first kappa shape index (κ1) is 18.7. The van der Waals surface area contributed by atoms with Crippen LogP contribution in [0.3, 0.4) is 0 Å². The van der Waals surface area contributed by atoms with Crippen LogP contribution in [0.2, 0.25) is 0 Å². The van der Waals surface area contributed by atoms with Crippen molar-refractivity contribution < 1.29 is 14.3 Å². The summed E-state index contributed by atoms with van der Waals surface area (Å²) in [5.41, 5.74) is 10.1. The molecular formula is C19H25N3O3. The number of primary amides is 1. The van der Waals surface area contributed by atoms with E-state index < -0.39 is 5.91 Å². The van der Waals surface area contributed by atoms with Crippen molar-refractivity contribution in [2.75, 3.05) is 32.2 Å². The fraction of sp³-hybridized carbons (Fsp3) is 0.368. The molecule has 2 aromatic rings. The maximum atomic E-state index is 11.9. The highest BCUT2D eigenvalue weighted by Crippen LogP contribution is 2.27. The van der Waals surface area contributed by atoms with Gasteiger partial charge in [0, 0.05) is 43.8 Å². The number of nitrogens with zero attached hydrogens (tertiary/aromatic N) is 2. The van der Waals surface area contributed by atoms with Crippen LogP contribution in [0.15, 0.2) is 24.4 Å². The number of methoxy groups -OCH3 is 1. The summed E-state index contributed by atoms with van der Waals surface area (Å²) in [5.74, 6) is -0.435. The van der Waals surface area contributed by atoms with Gasteiger partial charge in [-0.25, -0.2) is 0 Å². The molecule has 2 N–H and O–H groups in total. The number of likely N-dealkylation sites (N-methyl/N-ethyl adjacent to an activating group) is 1. The normalized spacial score (nSPS) is 10.8. The summed E-state index contributed by atoms with van der Waals surface area (Å²) in [6, 6.07) is 5.47. The molecule has 0 unspecified atom stereocenters. The molecule has 134 valence electrons. The molecule has 0 aliphatic rings. The molecule has 0 spiro atoms. The topological polar surface area (TPSA) is 77.6 Å². The molecule has 6 nitrogen and oxygen atoms in total. The third-order valence-corrected chi connectivity index (χ3v) is 4.36. The average molecular weight is 343 g/mol. The maximum Gasteiger partial charge on any atom is 0.250 e. The van der Waals surface area contributed by atoms with Crippen molar-refractivity contribution in [2.45, 2.75) is 20.8 Å². The van der Waals surface area contributed by atoms with Crippen LogP contribution in [0, 0.1) is 13.8 Å². The number of anilines is 1. The van der Waals surface area contributed by atoms with Gasteiger partial charge < -0.3 is 19.9 Å². The van der Waals surface area contributed by atoms with Crippen LogP contribution >= 0.6 is 0 Å². The number of aryl methyl sites for hydroxylation is 1. The molecule has 0 fully saturated rings. The van der Waals surface area contributed by atoms with E-state index >= 15 is 0 Å². The van der Waals surface area contributed by atoms with Crippen molar-refractivity contribution in [3.63, 3.8) is 0 Å². The number of amides is 1. The van der Waals surface area contributed by atoms with Crippen molar-refractivity contribution in [3.8, 4) is 5.69 Å². The number of hydrogen-bond acceptors (Lipinski definition) is 4. The standard InChI is InChI=1S/C19H25N3O3/c1-12-11-22(13(2)18(12)14(3)23)15-6-7-16(19(20)24)17(10-15)21(4)8-9-25-5/h6-7,10-11H,8-9H2,1-5H3,(H2,20,24). The predicted molar refractivity (Wildman–Crippen MR) is 98.9 cm³/mol. The largest absolute Gasteiger partial charge is 0.383 e. The fourth-order valence-electron chi connectivity index (χ4n) is 3.10. The molecule has 0 aliphatic carbocycles. The summed E-state index contributed by atoms with van der Waals surface area (Å²) in [4.78, 5) is 25.6. The van der Waals surface area contributed by atoms with Gasteiger partial charge in [0.15, 0.2) is 5.78 Å². The highest BCUT2D eigenvalue weighted by molar-refractivity contribution is 5.99. The number of nitrogens with two attached hydrogens (primary N) is 1. The molecule has 1 amide bonds. The number of ether oxygens (including phenoxy) is 1. The van der Waals surface area contributed by atoms with Gasteiger partial charge >= 0.3 is 0 Å². The highest BCUT2D eigenvalue weighted by Gasteiger charge is 2.17. The van der Waals surface area contributed by atoms with Crippen LogP contribution in [-0.4, -0.2) is 43.6 Å². The lowest BCUT2D eigenvalue weighted by atomic mass is 10.1. The lowest BCUT2D eigenvalue weighted by Crippen LogP contribution is -2.26. The van der Waals surface area contributed by atoms with E-state index in [2.05, 4.69) is 0 Å². The van der Waals surface area contributed by atoms with Crippen LogP contribution in [0.4, 0.5) is 5.69 Å². The minimum Gasteiger partial charge on any atom is -0.383 e. The first-order valence-electron chi connectivity index (χ1n) is 8.11. The zero-order valence-corrected chi connectivity index (χ0v) is 15.4. The van der Waals surface area contributed by atoms with Crippen LogP contribution in [-0.2, 0) is 4.74 Å². The zero-order chi connectivity index (χ0) is 18.7. The Labute approximate surface area is 148 Å². The third kappa shape index (κ3) is 3.74. The Kier molecular flexibility index (Phi) is 5.64. The maximum absolute atomic E-state index is 11.9. The molecule has 25 heavy (non-hydrogen) atoms. The number of Topliss-reactive ketones (excluding diaryl/α,β-unsaturated/α-hetero) is 1. The third-order valence-electron chi connectivity index (χ3n) is 4.36. The van der Waals surface area contributed by atoms with E-state index in [1.54, 1.807) is 20.1 Å². The number of ketones is 1. The van der Waals surface area contributed by atoms with E-state index in [0.717, 1.165) is 28.2 Å². The smallest absolute Gasteiger partial charge is 0.250 e. The van der Waals surface area contributed by atoms with Crippen LogP contribution in [0.5, 0.6) is 0 Å². The Morgan fingerprint density at radius 3 is 2.48 bits per heavy atom. The second kappa shape index (κ2) is 7.53. The minimum absolute atomic E-state index is 0.0416. The highest BCUT2D eigenvalue weighted by atomic mass is 16.5. The molecule has 0 radical (unpaired) electrons. The van der Waals surface area contributed by atoms with Gasteiger partial charge in [-0.1, -0.05) is 0 Å². The van der Waals surface area contributed by atoms with E-state index in [-0.39, 0.29) is 5.78 Å². The molecule has 0 bridgehead atoms. The van der Waals surface area contributed by atoms with Gasteiger partial charge in [-0.3, -0.25) is 9.59 Å². The SMILES string of the molecule is COCCN(C)c1cc(-n2cc(C)c(C(C)=O)c2C)ccc1C(N)=O. The second-order valence-corrected chi connectivity index (χ2v) is 6.18. The van der Waals surface area contributed by atoms with Gasteiger partial charge in [0.2, 0.25) is 0 Å². The minimum atomic E-state index is -0.476. The monoisotopic (exact) mass is 343 g/mol. The van der Waals surface area contributed by atoms with Gasteiger partial charge in [-0.05, 0) is 44.5 Å². The average Bonchev–Trinajstić information content (AvgIpc) is 2.86. The van der Waals surface area contributed by atoms with Crippen LogP contribution in [0.25, 0.3) is 5.69 Å². The molecule has 0 saturated heterocycles.